The number of rotatable bonds is 2. The predicted molar refractivity (Wildman–Crippen MR) is 61.8 cm³/mol. The lowest BCUT2D eigenvalue weighted by atomic mass is 10.2. The second kappa shape index (κ2) is 3.71. The van der Waals surface area contributed by atoms with Gasteiger partial charge in [0.15, 0.2) is 11.5 Å². The molecule has 0 atom stereocenters. The van der Waals surface area contributed by atoms with E-state index in [4.69, 9.17) is 4.74 Å². The molecule has 1 N–H and O–H groups in total. The third-order valence-electron chi connectivity index (χ3n) is 2.00. The maximum atomic E-state index is 9.57. The van der Waals surface area contributed by atoms with Crippen LogP contribution in [0, 0.1) is 0 Å². The van der Waals surface area contributed by atoms with E-state index in [1.807, 2.05) is 12.3 Å². The average molecular weight is 226 g/mol. The lowest BCUT2D eigenvalue weighted by Gasteiger charge is -2.02. The molecule has 4 heteroatoms. The van der Waals surface area contributed by atoms with E-state index in [2.05, 4.69) is 6.07 Å². The summed E-state index contributed by atoms with van der Waals surface area (Å²) in [7, 11) is 1.58. The van der Waals surface area contributed by atoms with Crippen LogP contribution in [-0.4, -0.2) is 18.5 Å². The molecule has 0 saturated carbocycles. The van der Waals surface area contributed by atoms with Crippen LogP contribution < -0.4 is 4.74 Å². The molecule has 2 nitrogen and oxygen atoms in total. The highest BCUT2D eigenvalue weighted by Crippen LogP contribution is 2.41. The molecule has 0 radical (unpaired) electrons. The van der Waals surface area contributed by atoms with Crippen LogP contribution >= 0.6 is 23.1 Å². The minimum Gasteiger partial charge on any atom is -0.504 e. The Labute approximate surface area is 90.5 Å². The molecule has 1 aromatic carbocycles. The van der Waals surface area contributed by atoms with Crippen molar-refractivity contribution < 1.29 is 9.84 Å². The van der Waals surface area contributed by atoms with Crippen LogP contribution in [0.5, 0.6) is 11.5 Å². The summed E-state index contributed by atoms with van der Waals surface area (Å²) >= 11 is 3.34. The van der Waals surface area contributed by atoms with Crippen LogP contribution in [-0.2, 0) is 0 Å². The molecule has 0 bridgehead atoms. The standard InChI is InChI=1S/C10H10O2S2/c1-12-9-7(11)4-3-6-5-8(13-2)14-10(6)9/h3-5,11H,1-2H3. The number of hydrogen-bond donors (Lipinski definition) is 1. The van der Waals surface area contributed by atoms with E-state index >= 15 is 0 Å². The molecule has 74 valence electrons. The number of fused-ring (bicyclic) bond motifs is 1. The maximum Gasteiger partial charge on any atom is 0.178 e. The zero-order valence-electron chi connectivity index (χ0n) is 7.90. The zero-order chi connectivity index (χ0) is 10.1. The van der Waals surface area contributed by atoms with Crippen molar-refractivity contribution in [3.63, 3.8) is 0 Å². The smallest absolute Gasteiger partial charge is 0.178 e. The minimum absolute atomic E-state index is 0.203. The fourth-order valence-corrected chi connectivity index (χ4v) is 3.08. The predicted octanol–water partition coefficient (Wildman–Crippen LogP) is 3.34. The average Bonchev–Trinajstić information content (AvgIpc) is 2.60. The fraction of sp³-hybridized carbons (Fsp3) is 0.200. The molecule has 0 aliphatic carbocycles. The van der Waals surface area contributed by atoms with Crippen molar-refractivity contribution in [3.05, 3.63) is 18.2 Å². The Bertz CT molecular complexity index is 462. The van der Waals surface area contributed by atoms with Gasteiger partial charge >= 0.3 is 0 Å². The lowest BCUT2D eigenvalue weighted by molar-refractivity contribution is 0.378. The molecule has 0 spiro atoms. The van der Waals surface area contributed by atoms with Gasteiger partial charge in [0.05, 0.1) is 16.0 Å². The quantitative estimate of drug-likeness (QED) is 0.796. The van der Waals surface area contributed by atoms with Crippen LogP contribution in [0.2, 0.25) is 0 Å². The van der Waals surface area contributed by atoms with Crippen molar-refractivity contribution in [2.75, 3.05) is 13.4 Å². The maximum absolute atomic E-state index is 9.57. The van der Waals surface area contributed by atoms with Gasteiger partial charge in [0.2, 0.25) is 0 Å². The second-order valence-corrected chi connectivity index (χ2v) is 4.96. The van der Waals surface area contributed by atoms with Crippen molar-refractivity contribution in [2.45, 2.75) is 4.21 Å². The topological polar surface area (TPSA) is 29.5 Å². The normalized spacial score (nSPS) is 10.7. The van der Waals surface area contributed by atoms with E-state index in [9.17, 15) is 5.11 Å². The number of phenols is 1. The third-order valence-corrected chi connectivity index (χ3v) is 4.22. The van der Waals surface area contributed by atoms with Crippen molar-refractivity contribution in [1.82, 2.24) is 0 Å². The molecule has 0 aliphatic rings. The minimum atomic E-state index is 0.203. The number of thiophene rings is 1. The third kappa shape index (κ3) is 1.44. The van der Waals surface area contributed by atoms with Gasteiger partial charge in [-0.2, -0.15) is 0 Å². The van der Waals surface area contributed by atoms with Gasteiger partial charge in [-0.25, -0.2) is 0 Å². The number of aromatic hydroxyl groups is 1. The van der Waals surface area contributed by atoms with Crippen LogP contribution in [0.4, 0.5) is 0 Å². The number of thioether (sulfide) groups is 1. The Morgan fingerprint density at radius 2 is 2.21 bits per heavy atom. The van der Waals surface area contributed by atoms with Crippen molar-refractivity contribution in [3.8, 4) is 11.5 Å². The first-order valence-electron chi connectivity index (χ1n) is 4.09. The highest BCUT2D eigenvalue weighted by atomic mass is 32.2. The molecule has 14 heavy (non-hydrogen) atoms. The Morgan fingerprint density at radius 3 is 2.86 bits per heavy atom. The Morgan fingerprint density at radius 1 is 1.43 bits per heavy atom. The largest absolute Gasteiger partial charge is 0.504 e. The van der Waals surface area contributed by atoms with E-state index in [1.165, 1.54) is 4.21 Å². The van der Waals surface area contributed by atoms with Gasteiger partial charge in [0, 0.05) is 0 Å². The Balaban J connectivity index is 2.73. The van der Waals surface area contributed by atoms with Crippen molar-refractivity contribution in [1.29, 1.82) is 0 Å². The van der Waals surface area contributed by atoms with E-state index in [0.717, 1.165) is 10.1 Å². The van der Waals surface area contributed by atoms with Gasteiger partial charge in [-0.3, -0.25) is 0 Å². The first kappa shape index (κ1) is 9.68. The van der Waals surface area contributed by atoms with E-state index in [-0.39, 0.29) is 5.75 Å². The number of methoxy groups -OCH3 is 1. The van der Waals surface area contributed by atoms with Gasteiger partial charge < -0.3 is 9.84 Å². The molecule has 1 aromatic heterocycles. The summed E-state index contributed by atoms with van der Waals surface area (Å²) in [5.41, 5.74) is 0. The number of ether oxygens (including phenoxy) is 1. The highest BCUT2D eigenvalue weighted by molar-refractivity contribution is 8.00. The number of phenolic OH excluding ortho intramolecular Hbond substituents is 1. The summed E-state index contributed by atoms with van der Waals surface area (Å²) in [6.45, 7) is 0. The summed E-state index contributed by atoms with van der Waals surface area (Å²) in [5, 5.41) is 10.7. The molecule has 0 fully saturated rings. The van der Waals surface area contributed by atoms with Crippen molar-refractivity contribution >= 4 is 33.2 Å². The first-order valence-corrected chi connectivity index (χ1v) is 6.14. The Hall–Kier alpha value is -0.870. The monoisotopic (exact) mass is 226 g/mol. The second-order valence-electron chi connectivity index (χ2n) is 2.81. The van der Waals surface area contributed by atoms with Crippen LogP contribution in [0.3, 0.4) is 0 Å². The molecule has 0 saturated heterocycles. The number of benzene rings is 1. The molecule has 0 amide bonds. The van der Waals surface area contributed by atoms with E-state index < -0.39 is 0 Å². The molecule has 2 rings (SSSR count). The van der Waals surface area contributed by atoms with Gasteiger partial charge in [-0.15, -0.1) is 23.1 Å². The first-order chi connectivity index (χ1) is 6.76. The molecule has 0 aliphatic heterocycles. The summed E-state index contributed by atoms with van der Waals surface area (Å²) in [6.07, 6.45) is 2.04. The van der Waals surface area contributed by atoms with Crippen molar-refractivity contribution in [2.24, 2.45) is 0 Å². The summed E-state index contributed by atoms with van der Waals surface area (Å²) in [5.74, 6) is 0.780. The van der Waals surface area contributed by atoms with Gasteiger partial charge in [-0.05, 0) is 29.8 Å². The Kier molecular flexibility index (Phi) is 2.56. The van der Waals surface area contributed by atoms with Gasteiger partial charge in [0.1, 0.15) is 0 Å². The fourth-order valence-electron chi connectivity index (χ4n) is 1.34. The summed E-state index contributed by atoms with van der Waals surface area (Å²) < 4.78 is 7.40. The zero-order valence-corrected chi connectivity index (χ0v) is 9.54. The summed E-state index contributed by atoms with van der Waals surface area (Å²) in [6, 6.07) is 5.67. The molecule has 1 heterocycles. The van der Waals surface area contributed by atoms with E-state index in [1.54, 1.807) is 36.3 Å². The summed E-state index contributed by atoms with van der Waals surface area (Å²) in [4.78, 5) is 0. The molecular weight excluding hydrogens is 216 g/mol. The highest BCUT2D eigenvalue weighted by Gasteiger charge is 2.10. The van der Waals surface area contributed by atoms with Crippen LogP contribution in [0.15, 0.2) is 22.4 Å². The molecular formula is C10H10O2S2. The van der Waals surface area contributed by atoms with Crippen LogP contribution in [0.1, 0.15) is 0 Å². The lowest BCUT2D eigenvalue weighted by Crippen LogP contribution is -1.82. The van der Waals surface area contributed by atoms with Crippen LogP contribution in [0.25, 0.3) is 10.1 Å². The molecule has 0 unspecified atom stereocenters. The van der Waals surface area contributed by atoms with Gasteiger partial charge in [-0.1, -0.05) is 0 Å². The number of hydrogen-bond acceptors (Lipinski definition) is 4. The SMILES string of the molecule is COc1c(O)ccc2cc(SC)sc12. The molecule has 2 aromatic rings. The van der Waals surface area contributed by atoms with E-state index in [0.29, 0.717) is 5.75 Å². The van der Waals surface area contributed by atoms with Gasteiger partial charge in [0.25, 0.3) is 0 Å².